The third kappa shape index (κ3) is 4.92. The molecule has 0 unspecified atom stereocenters. The second-order valence-corrected chi connectivity index (χ2v) is 12.8. The molecular formula is C37H40BrNO2. The van der Waals surface area contributed by atoms with Crippen LogP contribution in [-0.2, 0) is 0 Å². The number of amides is 2. The standard InChI is InChI=1S/C37H40BrNO2/c1-3-5-7-9-11-14-24(15-12-10-8-6-4-2)39-36(40)30-20-18-27-25-16-13-17-29-32(38)23-22-26(33(25)29)28-19-21-31(37(39)41)35(30)34(27)28/h13,16-24H,3-12,14-15H2,1-2H3. The van der Waals surface area contributed by atoms with Crippen LogP contribution in [0.4, 0.5) is 0 Å². The fourth-order valence-corrected chi connectivity index (χ4v) is 7.64. The zero-order valence-corrected chi connectivity index (χ0v) is 26.0. The van der Waals surface area contributed by atoms with Gasteiger partial charge < -0.3 is 0 Å². The average Bonchev–Trinajstić information content (AvgIpc) is 2.99. The summed E-state index contributed by atoms with van der Waals surface area (Å²) in [6, 6.07) is 18.8. The maximum absolute atomic E-state index is 14.2. The summed E-state index contributed by atoms with van der Waals surface area (Å²) in [4.78, 5) is 30.1. The van der Waals surface area contributed by atoms with E-state index in [9.17, 15) is 9.59 Å². The van der Waals surface area contributed by atoms with Gasteiger partial charge in [0, 0.05) is 27.0 Å². The van der Waals surface area contributed by atoms with Gasteiger partial charge in [-0.3, -0.25) is 14.5 Å². The van der Waals surface area contributed by atoms with E-state index in [4.69, 9.17) is 0 Å². The number of hydrogen-bond donors (Lipinski definition) is 0. The van der Waals surface area contributed by atoms with Crippen molar-refractivity contribution >= 4 is 70.8 Å². The Bertz CT molecular complexity index is 1650. The number of benzene rings is 5. The van der Waals surface area contributed by atoms with Crippen molar-refractivity contribution in [3.05, 3.63) is 70.2 Å². The Morgan fingerprint density at radius 2 is 1.05 bits per heavy atom. The van der Waals surface area contributed by atoms with Crippen molar-refractivity contribution in [2.24, 2.45) is 0 Å². The molecular weight excluding hydrogens is 570 g/mol. The number of nitrogens with zero attached hydrogens (tertiary/aromatic N) is 1. The van der Waals surface area contributed by atoms with Crippen molar-refractivity contribution in [1.82, 2.24) is 4.90 Å². The van der Waals surface area contributed by atoms with Gasteiger partial charge in [-0.2, -0.15) is 0 Å². The lowest BCUT2D eigenvalue weighted by Crippen LogP contribution is -2.47. The van der Waals surface area contributed by atoms with Gasteiger partial charge in [0.2, 0.25) is 0 Å². The quantitative estimate of drug-likeness (QED) is 0.0576. The molecule has 0 fully saturated rings. The summed E-state index contributed by atoms with van der Waals surface area (Å²) < 4.78 is 1.07. The van der Waals surface area contributed by atoms with Crippen molar-refractivity contribution in [2.75, 3.05) is 0 Å². The van der Waals surface area contributed by atoms with E-state index in [1.54, 1.807) is 4.90 Å². The SMILES string of the molecule is CCCCCCCC(CCCCCCC)N1C(=O)c2ccc3c4cccc5c(Br)ccc(c6ccc(c2c36)C1=O)c54. The van der Waals surface area contributed by atoms with E-state index >= 15 is 0 Å². The molecule has 0 radical (unpaired) electrons. The number of fused-ring (bicyclic) bond motifs is 2. The van der Waals surface area contributed by atoms with Gasteiger partial charge in [0.1, 0.15) is 0 Å². The molecule has 0 saturated heterocycles. The third-order valence-corrected chi connectivity index (χ3v) is 9.97. The molecule has 0 spiro atoms. The Hall–Kier alpha value is -2.98. The van der Waals surface area contributed by atoms with Gasteiger partial charge in [0.15, 0.2) is 0 Å². The van der Waals surface area contributed by atoms with Gasteiger partial charge in [0.25, 0.3) is 11.8 Å². The number of carbonyl (C=O) groups is 2. The zero-order chi connectivity index (χ0) is 28.5. The minimum Gasteiger partial charge on any atom is -0.271 e. The number of hydrogen-bond acceptors (Lipinski definition) is 2. The Labute approximate surface area is 251 Å². The minimum absolute atomic E-state index is 0.0412. The normalized spacial score (nSPS) is 13.7. The van der Waals surface area contributed by atoms with Crippen LogP contribution in [0.1, 0.15) is 112 Å². The largest absolute Gasteiger partial charge is 0.271 e. The Kier molecular flexibility index (Phi) is 8.30. The van der Waals surface area contributed by atoms with Crippen LogP contribution in [0, 0.1) is 0 Å². The highest BCUT2D eigenvalue weighted by Gasteiger charge is 2.38. The smallest absolute Gasteiger partial charge is 0.261 e. The lowest BCUT2D eigenvalue weighted by Gasteiger charge is -2.34. The molecule has 3 nitrogen and oxygen atoms in total. The molecule has 212 valence electrons. The maximum Gasteiger partial charge on any atom is 0.261 e. The highest BCUT2D eigenvalue weighted by Crippen LogP contribution is 2.45. The second-order valence-electron chi connectivity index (χ2n) is 11.9. The summed E-state index contributed by atoms with van der Waals surface area (Å²) in [6.07, 6.45) is 13.6. The average molecular weight is 611 g/mol. The summed E-state index contributed by atoms with van der Waals surface area (Å²) >= 11 is 3.74. The summed E-state index contributed by atoms with van der Waals surface area (Å²) in [5, 5.41) is 8.81. The first-order valence-electron chi connectivity index (χ1n) is 15.8. The number of carbonyl (C=O) groups excluding carboxylic acids is 2. The predicted molar refractivity (Wildman–Crippen MR) is 176 cm³/mol. The number of halogens is 1. The first-order chi connectivity index (χ1) is 20.1. The maximum atomic E-state index is 14.2. The van der Waals surface area contributed by atoms with Crippen molar-refractivity contribution in [3.8, 4) is 0 Å². The van der Waals surface area contributed by atoms with Gasteiger partial charge in [-0.15, -0.1) is 0 Å². The molecule has 0 bridgehead atoms. The van der Waals surface area contributed by atoms with Crippen molar-refractivity contribution in [2.45, 2.75) is 96.9 Å². The lowest BCUT2D eigenvalue weighted by atomic mass is 9.84. The van der Waals surface area contributed by atoms with Crippen LogP contribution < -0.4 is 0 Å². The molecule has 4 heteroatoms. The summed E-state index contributed by atoms with van der Waals surface area (Å²) in [6.45, 7) is 4.46. The summed E-state index contributed by atoms with van der Waals surface area (Å²) in [7, 11) is 0. The zero-order valence-electron chi connectivity index (χ0n) is 24.4. The van der Waals surface area contributed by atoms with E-state index in [0.717, 1.165) is 75.3 Å². The molecule has 5 aromatic rings. The van der Waals surface area contributed by atoms with Crippen LogP contribution in [-0.4, -0.2) is 22.8 Å². The summed E-state index contributed by atoms with van der Waals surface area (Å²) in [5.74, 6) is -0.226. The van der Waals surface area contributed by atoms with Gasteiger partial charge in [-0.05, 0) is 68.7 Å². The molecule has 0 N–H and O–H groups in total. The van der Waals surface area contributed by atoms with Gasteiger partial charge in [-0.25, -0.2) is 0 Å². The number of rotatable bonds is 13. The Balaban J connectivity index is 1.43. The molecule has 2 amide bonds. The molecule has 1 heterocycles. The van der Waals surface area contributed by atoms with E-state index in [-0.39, 0.29) is 17.9 Å². The second kappa shape index (κ2) is 12.1. The van der Waals surface area contributed by atoms with E-state index in [1.807, 2.05) is 12.1 Å². The Morgan fingerprint density at radius 3 is 1.63 bits per heavy atom. The number of imide groups is 1. The van der Waals surface area contributed by atoms with Crippen molar-refractivity contribution in [3.63, 3.8) is 0 Å². The molecule has 6 rings (SSSR count). The van der Waals surface area contributed by atoms with Crippen LogP contribution in [0.5, 0.6) is 0 Å². The predicted octanol–water partition coefficient (Wildman–Crippen LogP) is 11.2. The van der Waals surface area contributed by atoms with Crippen LogP contribution >= 0.6 is 15.9 Å². The molecule has 5 aromatic carbocycles. The van der Waals surface area contributed by atoms with Gasteiger partial charge in [0.05, 0.1) is 0 Å². The molecule has 0 aromatic heterocycles. The van der Waals surface area contributed by atoms with Gasteiger partial charge in [-0.1, -0.05) is 130 Å². The molecule has 0 atom stereocenters. The molecule has 41 heavy (non-hydrogen) atoms. The molecule has 0 saturated carbocycles. The Morgan fingerprint density at radius 1 is 0.561 bits per heavy atom. The lowest BCUT2D eigenvalue weighted by molar-refractivity contribution is 0.0517. The molecule has 1 aliphatic heterocycles. The topological polar surface area (TPSA) is 37.4 Å². The van der Waals surface area contributed by atoms with Crippen LogP contribution in [0.15, 0.2) is 59.1 Å². The monoisotopic (exact) mass is 609 g/mol. The highest BCUT2D eigenvalue weighted by atomic mass is 79.9. The minimum atomic E-state index is -0.113. The van der Waals surface area contributed by atoms with E-state index < -0.39 is 0 Å². The highest BCUT2D eigenvalue weighted by molar-refractivity contribution is 9.10. The van der Waals surface area contributed by atoms with Crippen LogP contribution in [0.2, 0.25) is 0 Å². The van der Waals surface area contributed by atoms with Crippen LogP contribution in [0.25, 0.3) is 43.1 Å². The van der Waals surface area contributed by atoms with Gasteiger partial charge >= 0.3 is 0 Å². The first-order valence-corrected chi connectivity index (χ1v) is 16.6. The van der Waals surface area contributed by atoms with Crippen molar-refractivity contribution in [1.29, 1.82) is 0 Å². The molecule has 1 aliphatic rings. The van der Waals surface area contributed by atoms with E-state index in [0.29, 0.717) is 11.1 Å². The number of unbranched alkanes of at least 4 members (excludes halogenated alkanes) is 8. The first kappa shape index (κ1) is 28.2. The van der Waals surface area contributed by atoms with E-state index in [1.165, 1.54) is 49.3 Å². The third-order valence-electron chi connectivity index (χ3n) is 9.27. The molecule has 0 aliphatic carbocycles. The summed E-state index contributed by atoms with van der Waals surface area (Å²) in [5.41, 5.74) is 1.35. The fraction of sp³-hybridized carbons (Fsp3) is 0.405. The fourth-order valence-electron chi connectivity index (χ4n) is 7.17. The van der Waals surface area contributed by atoms with E-state index in [2.05, 4.69) is 72.2 Å². The van der Waals surface area contributed by atoms with Crippen molar-refractivity contribution < 1.29 is 9.59 Å². The van der Waals surface area contributed by atoms with Crippen LogP contribution in [0.3, 0.4) is 0 Å².